The Bertz CT molecular complexity index is 390. The molecule has 0 spiro atoms. The summed E-state index contributed by atoms with van der Waals surface area (Å²) in [5.74, 6) is -0.216. The number of rotatable bonds is 2. The van der Waals surface area contributed by atoms with Crippen LogP contribution < -0.4 is 0 Å². The average Bonchev–Trinajstić information content (AvgIpc) is 2.52. The van der Waals surface area contributed by atoms with Gasteiger partial charge in [-0.05, 0) is 47.5 Å². The minimum absolute atomic E-state index is 0.0893. The van der Waals surface area contributed by atoms with E-state index in [1.807, 2.05) is 26.0 Å². The van der Waals surface area contributed by atoms with E-state index in [9.17, 15) is 5.11 Å². The van der Waals surface area contributed by atoms with Crippen molar-refractivity contribution in [2.24, 2.45) is 0 Å². The lowest BCUT2D eigenvalue weighted by Gasteiger charge is -2.17. The summed E-state index contributed by atoms with van der Waals surface area (Å²) in [4.78, 5) is 0. The number of benzene rings is 1. The van der Waals surface area contributed by atoms with Crippen LogP contribution in [0.2, 0.25) is 0 Å². The summed E-state index contributed by atoms with van der Waals surface area (Å²) in [6.45, 7) is 4.45. The molecule has 0 bridgehead atoms. The molecule has 1 unspecified atom stereocenters. The van der Waals surface area contributed by atoms with Crippen molar-refractivity contribution in [3.63, 3.8) is 0 Å². The van der Waals surface area contributed by atoms with Gasteiger partial charge in [0.05, 0.1) is 17.2 Å². The van der Waals surface area contributed by atoms with Crippen LogP contribution in [0.1, 0.15) is 19.4 Å². The Morgan fingerprint density at radius 2 is 2.25 bits per heavy atom. The highest BCUT2D eigenvalue weighted by molar-refractivity contribution is 9.10. The van der Waals surface area contributed by atoms with Gasteiger partial charge in [-0.15, -0.1) is 0 Å². The number of ether oxygens (including phenoxy) is 2. The van der Waals surface area contributed by atoms with Gasteiger partial charge in [0.15, 0.2) is 5.79 Å². The number of phenolic OH excluding ortho intramolecular Hbond substituents is 1. The molecule has 1 aromatic rings. The zero-order valence-corrected chi connectivity index (χ0v) is 11.0. The summed E-state index contributed by atoms with van der Waals surface area (Å²) >= 11 is 3.30. The van der Waals surface area contributed by atoms with Gasteiger partial charge in [-0.3, -0.25) is 0 Å². The van der Waals surface area contributed by atoms with E-state index in [0.717, 1.165) is 12.0 Å². The number of hydrogen-bond acceptors (Lipinski definition) is 3. The topological polar surface area (TPSA) is 38.7 Å². The lowest BCUT2D eigenvalue weighted by atomic mass is 10.1. The van der Waals surface area contributed by atoms with Gasteiger partial charge in [0.1, 0.15) is 5.75 Å². The van der Waals surface area contributed by atoms with Gasteiger partial charge in [0, 0.05) is 6.42 Å². The molecular formula is C12H15BrO3. The minimum Gasteiger partial charge on any atom is -0.507 e. The number of hydrogen-bond donors (Lipinski definition) is 1. The van der Waals surface area contributed by atoms with Crippen molar-refractivity contribution in [2.75, 3.05) is 6.61 Å². The molecule has 0 saturated carbocycles. The van der Waals surface area contributed by atoms with Gasteiger partial charge in [0.25, 0.3) is 0 Å². The van der Waals surface area contributed by atoms with Gasteiger partial charge in [-0.1, -0.05) is 6.07 Å². The van der Waals surface area contributed by atoms with Crippen molar-refractivity contribution in [1.29, 1.82) is 0 Å². The van der Waals surface area contributed by atoms with E-state index in [1.54, 1.807) is 6.07 Å². The van der Waals surface area contributed by atoms with Gasteiger partial charge < -0.3 is 14.6 Å². The van der Waals surface area contributed by atoms with E-state index >= 15 is 0 Å². The lowest BCUT2D eigenvalue weighted by Crippen LogP contribution is -2.22. The van der Waals surface area contributed by atoms with E-state index in [0.29, 0.717) is 11.1 Å². The quantitative estimate of drug-likeness (QED) is 0.909. The molecule has 0 radical (unpaired) electrons. The first kappa shape index (κ1) is 11.9. The molecule has 16 heavy (non-hydrogen) atoms. The van der Waals surface area contributed by atoms with Crippen LogP contribution in [0.5, 0.6) is 5.75 Å². The van der Waals surface area contributed by atoms with Crippen molar-refractivity contribution in [3.05, 3.63) is 28.2 Å². The molecule has 0 aliphatic carbocycles. The highest BCUT2D eigenvalue weighted by Crippen LogP contribution is 2.28. The zero-order valence-electron chi connectivity index (χ0n) is 9.37. The summed E-state index contributed by atoms with van der Waals surface area (Å²) in [6.07, 6.45) is 0.883. The fourth-order valence-electron chi connectivity index (χ4n) is 1.80. The molecule has 1 fully saturated rings. The van der Waals surface area contributed by atoms with Crippen molar-refractivity contribution < 1.29 is 14.6 Å². The predicted molar refractivity (Wildman–Crippen MR) is 64.4 cm³/mol. The molecule has 4 heteroatoms. The van der Waals surface area contributed by atoms with Crippen LogP contribution in [0.3, 0.4) is 0 Å². The Labute approximate surface area is 104 Å². The third-order valence-electron chi connectivity index (χ3n) is 2.54. The largest absolute Gasteiger partial charge is 0.507 e. The van der Waals surface area contributed by atoms with Crippen LogP contribution in [0.25, 0.3) is 0 Å². The highest BCUT2D eigenvalue weighted by atomic mass is 79.9. The molecule has 1 heterocycles. The fraction of sp³-hybridized carbons (Fsp3) is 0.500. The van der Waals surface area contributed by atoms with Gasteiger partial charge in [0.2, 0.25) is 0 Å². The van der Waals surface area contributed by atoms with Crippen molar-refractivity contribution in [2.45, 2.75) is 32.2 Å². The number of aromatic hydroxyl groups is 1. The number of phenols is 1. The number of halogens is 1. The lowest BCUT2D eigenvalue weighted by molar-refractivity contribution is -0.138. The van der Waals surface area contributed by atoms with E-state index < -0.39 is 5.79 Å². The Morgan fingerprint density at radius 1 is 1.50 bits per heavy atom. The van der Waals surface area contributed by atoms with Crippen molar-refractivity contribution in [3.8, 4) is 5.75 Å². The first-order chi connectivity index (χ1) is 7.46. The maximum absolute atomic E-state index is 9.38. The van der Waals surface area contributed by atoms with Crippen molar-refractivity contribution in [1.82, 2.24) is 0 Å². The van der Waals surface area contributed by atoms with Crippen LogP contribution in [-0.2, 0) is 15.9 Å². The fourth-order valence-corrected chi connectivity index (χ4v) is 2.23. The Morgan fingerprint density at radius 3 is 2.81 bits per heavy atom. The normalized spacial score (nSPS) is 23.6. The Hall–Kier alpha value is -0.580. The van der Waals surface area contributed by atoms with Crippen LogP contribution in [0.15, 0.2) is 22.7 Å². The molecule has 1 N–H and O–H groups in total. The molecule has 2 rings (SSSR count). The van der Waals surface area contributed by atoms with Crippen LogP contribution >= 0.6 is 15.9 Å². The maximum Gasteiger partial charge on any atom is 0.163 e. The standard InChI is InChI=1S/C12H15BrO3/c1-12(2)15-7-9(16-12)5-8-3-4-11(14)10(13)6-8/h3-4,6,9,14H,5,7H2,1-2H3. The Balaban J connectivity index is 2.02. The zero-order chi connectivity index (χ0) is 11.8. The molecule has 1 saturated heterocycles. The molecule has 3 nitrogen and oxygen atoms in total. The molecule has 88 valence electrons. The second kappa shape index (κ2) is 4.35. The first-order valence-electron chi connectivity index (χ1n) is 5.25. The van der Waals surface area contributed by atoms with Gasteiger partial charge >= 0.3 is 0 Å². The first-order valence-corrected chi connectivity index (χ1v) is 6.05. The molecule has 0 amide bonds. The Kier molecular flexibility index (Phi) is 3.24. The molecule has 1 aliphatic rings. The molecule has 0 aromatic heterocycles. The van der Waals surface area contributed by atoms with E-state index in [2.05, 4.69) is 15.9 Å². The van der Waals surface area contributed by atoms with E-state index in [-0.39, 0.29) is 11.9 Å². The van der Waals surface area contributed by atoms with Crippen LogP contribution in [0, 0.1) is 0 Å². The highest BCUT2D eigenvalue weighted by Gasteiger charge is 2.32. The second-order valence-electron chi connectivity index (χ2n) is 4.44. The van der Waals surface area contributed by atoms with Gasteiger partial charge in [-0.2, -0.15) is 0 Å². The minimum atomic E-state index is -0.473. The summed E-state index contributed by atoms with van der Waals surface area (Å²) in [5.41, 5.74) is 1.12. The second-order valence-corrected chi connectivity index (χ2v) is 5.29. The van der Waals surface area contributed by atoms with Crippen LogP contribution in [-0.4, -0.2) is 23.6 Å². The molecule has 1 aromatic carbocycles. The SMILES string of the molecule is CC1(C)OCC(Cc2ccc(O)c(Br)c2)O1. The van der Waals surface area contributed by atoms with Gasteiger partial charge in [-0.25, -0.2) is 0 Å². The smallest absolute Gasteiger partial charge is 0.163 e. The third kappa shape index (κ3) is 2.75. The molecule has 1 aliphatic heterocycles. The summed E-state index contributed by atoms with van der Waals surface area (Å²) in [5, 5.41) is 9.38. The predicted octanol–water partition coefficient (Wildman–Crippen LogP) is 2.85. The molecule has 1 atom stereocenters. The monoisotopic (exact) mass is 286 g/mol. The maximum atomic E-state index is 9.38. The van der Waals surface area contributed by atoms with E-state index in [1.165, 1.54) is 0 Å². The molecular weight excluding hydrogens is 272 g/mol. The summed E-state index contributed by atoms with van der Waals surface area (Å²) in [6, 6.07) is 5.49. The van der Waals surface area contributed by atoms with Crippen LogP contribution in [0.4, 0.5) is 0 Å². The third-order valence-corrected chi connectivity index (χ3v) is 3.18. The summed E-state index contributed by atoms with van der Waals surface area (Å²) in [7, 11) is 0. The van der Waals surface area contributed by atoms with E-state index in [4.69, 9.17) is 9.47 Å². The average molecular weight is 287 g/mol. The van der Waals surface area contributed by atoms with Crippen molar-refractivity contribution >= 4 is 15.9 Å². The summed E-state index contributed by atoms with van der Waals surface area (Å²) < 4.78 is 11.9.